The third-order valence-corrected chi connectivity index (χ3v) is 3.72. The molecule has 2 atom stereocenters. The Labute approximate surface area is 101 Å². The van der Waals surface area contributed by atoms with Gasteiger partial charge in [-0.25, -0.2) is 0 Å². The average Bonchev–Trinajstić information content (AvgIpc) is 2.84. The van der Waals surface area contributed by atoms with Gasteiger partial charge in [0.15, 0.2) is 0 Å². The molecule has 2 unspecified atom stereocenters. The van der Waals surface area contributed by atoms with Gasteiger partial charge in [-0.3, -0.25) is 9.48 Å². The fourth-order valence-corrected chi connectivity index (χ4v) is 2.36. The molecule has 17 heavy (non-hydrogen) atoms. The molecule has 1 aromatic heterocycles. The van der Waals surface area contributed by atoms with Crippen molar-refractivity contribution in [2.45, 2.75) is 32.2 Å². The van der Waals surface area contributed by atoms with Crippen molar-refractivity contribution in [1.82, 2.24) is 15.1 Å². The van der Waals surface area contributed by atoms with E-state index in [4.69, 9.17) is 5.73 Å². The standard InChI is InChI=1S/C12H20N4O/c1-8-10(7-15-16(8)2)12(17)14-6-9-4-3-5-11(9)13/h7,9,11H,3-6,13H2,1-2H3,(H,14,17). The van der Waals surface area contributed by atoms with Crippen LogP contribution < -0.4 is 11.1 Å². The first kappa shape index (κ1) is 12.1. The van der Waals surface area contributed by atoms with Gasteiger partial charge in [-0.05, 0) is 25.7 Å². The molecule has 1 fully saturated rings. The maximum absolute atomic E-state index is 11.9. The lowest BCUT2D eigenvalue weighted by atomic mass is 10.0. The molecule has 3 N–H and O–H groups in total. The normalized spacial score (nSPS) is 23.9. The monoisotopic (exact) mass is 236 g/mol. The Balaban J connectivity index is 1.91. The molecule has 1 heterocycles. The predicted octanol–water partition coefficient (Wildman–Crippen LogP) is 0.586. The summed E-state index contributed by atoms with van der Waals surface area (Å²) in [4.78, 5) is 11.9. The molecule has 0 radical (unpaired) electrons. The number of nitrogens with one attached hydrogen (secondary N) is 1. The number of amides is 1. The van der Waals surface area contributed by atoms with Crippen LogP contribution in [0.25, 0.3) is 0 Å². The Hall–Kier alpha value is -1.36. The molecule has 0 aliphatic heterocycles. The van der Waals surface area contributed by atoms with Crippen molar-refractivity contribution in [3.63, 3.8) is 0 Å². The van der Waals surface area contributed by atoms with Gasteiger partial charge < -0.3 is 11.1 Å². The molecule has 1 aliphatic rings. The number of hydrogen-bond acceptors (Lipinski definition) is 3. The summed E-state index contributed by atoms with van der Waals surface area (Å²) in [7, 11) is 1.83. The fourth-order valence-electron chi connectivity index (χ4n) is 2.36. The molecule has 0 bridgehead atoms. The van der Waals surface area contributed by atoms with Crippen LogP contribution in [-0.4, -0.2) is 28.3 Å². The van der Waals surface area contributed by atoms with Gasteiger partial charge in [-0.2, -0.15) is 5.10 Å². The Morgan fingerprint density at radius 3 is 2.94 bits per heavy atom. The number of rotatable bonds is 3. The van der Waals surface area contributed by atoms with Crippen molar-refractivity contribution in [2.24, 2.45) is 18.7 Å². The van der Waals surface area contributed by atoms with Crippen molar-refractivity contribution in [2.75, 3.05) is 6.54 Å². The van der Waals surface area contributed by atoms with Crippen molar-refractivity contribution in [1.29, 1.82) is 0 Å². The van der Waals surface area contributed by atoms with Crippen LogP contribution in [-0.2, 0) is 7.05 Å². The van der Waals surface area contributed by atoms with Crippen molar-refractivity contribution < 1.29 is 4.79 Å². The quantitative estimate of drug-likeness (QED) is 0.806. The van der Waals surface area contributed by atoms with Gasteiger partial charge in [0.25, 0.3) is 5.91 Å². The van der Waals surface area contributed by atoms with Gasteiger partial charge in [0, 0.05) is 25.3 Å². The molecule has 94 valence electrons. The fraction of sp³-hybridized carbons (Fsp3) is 0.667. The van der Waals surface area contributed by atoms with Crippen LogP contribution in [0.2, 0.25) is 0 Å². The smallest absolute Gasteiger partial charge is 0.254 e. The molecule has 2 rings (SSSR count). The van der Waals surface area contributed by atoms with Crippen LogP contribution in [0.3, 0.4) is 0 Å². The molecular weight excluding hydrogens is 216 g/mol. The summed E-state index contributed by atoms with van der Waals surface area (Å²) < 4.78 is 1.70. The van der Waals surface area contributed by atoms with E-state index in [1.165, 1.54) is 6.42 Å². The molecule has 5 nitrogen and oxygen atoms in total. The van der Waals surface area contributed by atoms with E-state index in [-0.39, 0.29) is 11.9 Å². The Kier molecular flexibility index (Phi) is 3.47. The molecule has 1 saturated carbocycles. The van der Waals surface area contributed by atoms with Gasteiger partial charge in [0.1, 0.15) is 0 Å². The molecule has 5 heteroatoms. The first-order chi connectivity index (χ1) is 8.09. The van der Waals surface area contributed by atoms with Gasteiger partial charge in [-0.15, -0.1) is 0 Å². The number of nitrogens with zero attached hydrogens (tertiary/aromatic N) is 2. The zero-order valence-corrected chi connectivity index (χ0v) is 10.4. The molecule has 1 aromatic rings. The average molecular weight is 236 g/mol. The third-order valence-electron chi connectivity index (χ3n) is 3.72. The van der Waals surface area contributed by atoms with Crippen LogP contribution in [0.4, 0.5) is 0 Å². The Bertz CT molecular complexity index is 413. The highest BCUT2D eigenvalue weighted by Crippen LogP contribution is 2.23. The lowest BCUT2D eigenvalue weighted by Crippen LogP contribution is -2.36. The highest BCUT2D eigenvalue weighted by molar-refractivity contribution is 5.95. The van der Waals surface area contributed by atoms with E-state index < -0.39 is 0 Å². The number of aromatic nitrogens is 2. The molecule has 1 amide bonds. The minimum Gasteiger partial charge on any atom is -0.352 e. The molecular formula is C12H20N4O. The summed E-state index contributed by atoms with van der Waals surface area (Å²) in [5.74, 6) is 0.380. The maximum atomic E-state index is 11.9. The number of carbonyl (C=O) groups is 1. The second-order valence-electron chi connectivity index (χ2n) is 4.83. The molecule has 1 aliphatic carbocycles. The van der Waals surface area contributed by atoms with E-state index in [2.05, 4.69) is 10.4 Å². The first-order valence-electron chi connectivity index (χ1n) is 6.12. The topological polar surface area (TPSA) is 72.9 Å². The summed E-state index contributed by atoms with van der Waals surface area (Å²) in [6, 6.07) is 0.241. The third kappa shape index (κ3) is 2.49. The number of carbonyl (C=O) groups excluding carboxylic acids is 1. The minimum absolute atomic E-state index is 0.0466. The van der Waals surface area contributed by atoms with Crippen molar-refractivity contribution in [3.8, 4) is 0 Å². The second-order valence-corrected chi connectivity index (χ2v) is 4.83. The number of hydrogen-bond donors (Lipinski definition) is 2. The number of nitrogens with two attached hydrogens (primary N) is 1. The van der Waals surface area contributed by atoms with E-state index in [9.17, 15) is 4.79 Å². The van der Waals surface area contributed by atoms with Gasteiger partial charge in [0.05, 0.1) is 11.8 Å². The lowest BCUT2D eigenvalue weighted by molar-refractivity contribution is 0.0946. The van der Waals surface area contributed by atoms with Crippen LogP contribution in [0.1, 0.15) is 35.3 Å². The SMILES string of the molecule is Cc1c(C(=O)NCC2CCCC2N)cnn1C. The summed E-state index contributed by atoms with van der Waals surface area (Å²) >= 11 is 0. The minimum atomic E-state index is -0.0466. The molecule has 0 aromatic carbocycles. The molecule has 0 spiro atoms. The summed E-state index contributed by atoms with van der Waals surface area (Å²) in [5, 5.41) is 7.02. The van der Waals surface area contributed by atoms with Crippen molar-refractivity contribution in [3.05, 3.63) is 17.5 Å². The second kappa shape index (κ2) is 4.87. The maximum Gasteiger partial charge on any atom is 0.254 e. The Morgan fingerprint density at radius 2 is 2.41 bits per heavy atom. The van der Waals surface area contributed by atoms with E-state index >= 15 is 0 Å². The highest BCUT2D eigenvalue weighted by atomic mass is 16.1. The zero-order chi connectivity index (χ0) is 12.4. The van der Waals surface area contributed by atoms with Gasteiger partial charge in [0.2, 0.25) is 0 Å². The van der Waals surface area contributed by atoms with Gasteiger partial charge >= 0.3 is 0 Å². The van der Waals surface area contributed by atoms with Crippen LogP contribution >= 0.6 is 0 Å². The van der Waals surface area contributed by atoms with E-state index in [0.29, 0.717) is 18.0 Å². The van der Waals surface area contributed by atoms with E-state index in [0.717, 1.165) is 18.5 Å². The zero-order valence-electron chi connectivity index (χ0n) is 10.4. The van der Waals surface area contributed by atoms with E-state index in [1.54, 1.807) is 10.9 Å². The molecule has 0 saturated heterocycles. The van der Waals surface area contributed by atoms with Gasteiger partial charge in [-0.1, -0.05) is 6.42 Å². The van der Waals surface area contributed by atoms with Crippen LogP contribution in [0, 0.1) is 12.8 Å². The van der Waals surface area contributed by atoms with Crippen LogP contribution in [0.15, 0.2) is 6.20 Å². The largest absolute Gasteiger partial charge is 0.352 e. The summed E-state index contributed by atoms with van der Waals surface area (Å²) in [6.45, 7) is 2.57. The number of aryl methyl sites for hydroxylation is 1. The highest BCUT2D eigenvalue weighted by Gasteiger charge is 2.24. The summed E-state index contributed by atoms with van der Waals surface area (Å²) in [5.41, 5.74) is 7.51. The first-order valence-corrected chi connectivity index (χ1v) is 6.12. The Morgan fingerprint density at radius 1 is 1.65 bits per heavy atom. The summed E-state index contributed by atoms with van der Waals surface area (Å²) in [6.07, 6.45) is 4.98. The van der Waals surface area contributed by atoms with Crippen LogP contribution in [0.5, 0.6) is 0 Å². The van der Waals surface area contributed by atoms with Crippen molar-refractivity contribution >= 4 is 5.91 Å². The predicted molar refractivity (Wildman–Crippen MR) is 65.6 cm³/mol. The van der Waals surface area contributed by atoms with E-state index in [1.807, 2.05) is 14.0 Å². The lowest BCUT2D eigenvalue weighted by Gasteiger charge is -2.15.